The fraction of sp³-hybridized carbons (Fsp3) is 0.100. The molecule has 66 valence electrons. The molecule has 1 aromatic carbocycles. The van der Waals surface area contributed by atoms with Crippen LogP contribution in [0.2, 0.25) is 0 Å². The minimum Gasteiger partial charge on any atom is -0.238 e. The molecule has 1 aromatic heterocycles. The Labute approximate surface area is 75.6 Å². The van der Waals surface area contributed by atoms with E-state index in [9.17, 15) is 4.39 Å². The van der Waals surface area contributed by atoms with Crippen molar-refractivity contribution < 1.29 is 4.39 Å². The highest BCUT2D eigenvalue weighted by atomic mass is 19.1. The van der Waals surface area contributed by atoms with Gasteiger partial charge in [-0.05, 0) is 31.2 Å². The van der Waals surface area contributed by atoms with Crippen molar-refractivity contribution in [3.8, 4) is 5.69 Å². The lowest BCUT2D eigenvalue weighted by molar-refractivity contribution is 0.625. The Hall–Kier alpha value is -1.64. The first-order valence-electron chi connectivity index (χ1n) is 4.04. The Balaban J connectivity index is 2.53. The SMILES string of the molecule is Cc1ccnn1-c1cccc(F)c1. The first-order valence-corrected chi connectivity index (χ1v) is 4.04. The Morgan fingerprint density at radius 3 is 2.77 bits per heavy atom. The molecule has 0 aliphatic heterocycles. The zero-order valence-electron chi connectivity index (χ0n) is 7.24. The Morgan fingerprint density at radius 2 is 2.15 bits per heavy atom. The van der Waals surface area contributed by atoms with E-state index in [1.54, 1.807) is 16.9 Å². The van der Waals surface area contributed by atoms with Crippen molar-refractivity contribution in [1.82, 2.24) is 9.78 Å². The van der Waals surface area contributed by atoms with E-state index in [2.05, 4.69) is 5.10 Å². The van der Waals surface area contributed by atoms with E-state index >= 15 is 0 Å². The highest BCUT2D eigenvalue weighted by Crippen LogP contribution is 2.10. The summed E-state index contributed by atoms with van der Waals surface area (Å²) < 4.78 is 14.5. The average molecular weight is 176 g/mol. The fourth-order valence-electron chi connectivity index (χ4n) is 1.25. The lowest BCUT2D eigenvalue weighted by Gasteiger charge is -2.03. The number of hydrogen-bond acceptors (Lipinski definition) is 1. The zero-order valence-corrected chi connectivity index (χ0v) is 7.24. The van der Waals surface area contributed by atoms with Crippen LogP contribution in [0.1, 0.15) is 5.69 Å². The molecular formula is C10H9FN2. The van der Waals surface area contributed by atoms with E-state index in [1.165, 1.54) is 12.1 Å². The molecule has 0 saturated heterocycles. The molecule has 13 heavy (non-hydrogen) atoms. The molecule has 2 aromatic rings. The van der Waals surface area contributed by atoms with E-state index in [1.807, 2.05) is 19.1 Å². The fourth-order valence-corrected chi connectivity index (χ4v) is 1.25. The molecule has 0 spiro atoms. The first-order chi connectivity index (χ1) is 6.27. The van der Waals surface area contributed by atoms with E-state index < -0.39 is 0 Å². The highest BCUT2D eigenvalue weighted by Gasteiger charge is 2.00. The number of aromatic nitrogens is 2. The molecule has 0 bridgehead atoms. The van der Waals surface area contributed by atoms with Crippen LogP contribution in [0.25, 0.3) is 5.69 Å². The zero-order chi connectivity index (χ0) is 9.26. The van der Waals surface area contributed by atoms with Crippen molar-refractivity contribution in [2.24, 2.45) is 0 Å². The van der Waals surface area contributed by atoms with Crippen LogP contribution in [0, 0.1) is 12.7 Å². The minimum atomic E-state index is -0.243. The molecule has 0 saturated carbocycles. The smallest absolute Gasteiger partial charge is 0.125 e. The van der Waals surface area contributed by atoms with Gasteiger partial charge < -0.3 is 0 Å². The summed E-state index contributed by atoms with van der Waals surface area (Å²) in [5, 5.41) is 4.08. The second-order valence-electron chi connectivity index (χ2n) is 2.86. The average Bonchev–Trinajstić information content (AvgIpc) is 2.51. The van der Waals surface area contributed by atoms with Crippen LogP contribution in [-0.4, -0.2) is 9.78 Å². The third kappa shape index (κ3) is 1.45. The lowest BCUT2D eigenvalue weighted by Crippen LogP contribution is -1.98. The molecule has 0 aliphatic rings. The maximum atomic E-state index is 12.8. The third-order valence-electron chi connectivity index (χ3n) is 1.88. The summed E-state index contributed by atoms with van der Waals surface area (Å²) in [6.45, 7) is 1.93. The van der Waals surface area contributed by atoms with Crippen molar-refractivity contribution in [2.45, 2.75) is 6.92 Å². The van der Waals surface area contributed by atoms with E-state index in [4.69, 9.17) is 0 Å². The van der Waals surface area contributed by atoms with Crippen LogP contribution in [0.3, 0.4) is 0 Å². The summed E-state index contributed by atoms with van der Waals surface area (Å²) in [6, 6.07) is 8.25. The topological polar surface area (TPSA) is 17.8 Å². The third-order valence-corrected chi connectivity index (χ3v) is 1.88. The standard InChI is InChI=1S/C10H9FN2/c1-8-5-6-12-13(8)10-4-2-3-9(11)7-10/h2-7H,1H3. The summed E-state index contributed by atoms with van der Waals surface area (Å²) in [7, 11) is 0. The van der Waals surface area contributed by atoms with Gasteiger partial charge in [-0.25, -0.2) is 9.07 Å². The van der Waals surface area contributed by atoms with Crippen molar-refractivity contribution in [3.05, 3.63) is 48.0 Å². The van der Waals surface area contributed by atoms with Crippen LogP contribution in [0.5, 0.6) is 0 Å². The quantitative estimate of drug-likeness (QED) is 0.652. The number of hydrogen-bond donors (Lipinski definition) is 0. The van der Waals surface area contributed by atoms with E-state index in [0.29, 0.717) is 0 Å². The van der Waals surface area contributed by atoms with Gasteiger partial charge in [0.25, 0.3) is 0 Å². The second-order valence-corrected chi connectivity index (χ2v) is 2.86. The molecule has 0 aliphatic carbocycles. The van der Waals surface area contributed by atoms with Gasteiger partial charge in [-0.2, -0.15) is 5.10 Å². The molecule has 3 heteroatoms. The van der Waals surface area contributed by atoms with Crippen LogP contribution < -0.4 is 0 Å². The van der Waals surface area contributed by atoms with E-state index in [-0.39, 0.29) is 5.82 Å². The minimum absolute atomic E-state index is 0.243. The Morgan fingerprint density at radius 1 is 1.31 bits per heavy atom. The van der Waals surface area contributed by atoms with Crippen LogP contribution in [-0.2, 0) is 0 Å². The Bertz CT molecular complexity index is 420. The number of halogens is 1. The van der Waals surface area contributed by atoms with Crippen LogP contribution in [0.15, 0.2) is 36.5 Å². The highest BCUT2D eigenvalue weighted by molar-refractivity contribution is 5.32. The summed E-state index contributed by atoms with van der Waals surface area (Å²) in [6.07, 6.45) is 1.69. The molecule has 0 amide bonds. The van der Waals surface area contributed by atoms with Crippen LogP contribution in [0.4, 0.5) is 4.39 Å². The molecule has 0 fully saturated rings. The van der Waals surface area contributed by atoms with Gasteiger partial charge in [0.2, 0.25) is 0 Å². The van der Waals surface area contributed by atoms with Gasteiger partial charge in [-0.1, -0.05) is 6.07 Å². The van der Waals surface area contributed by atoms with Crippen molar-refractivity contribution in [3.63, 3.8) is 0 Å². The van der Waals surface area contributed by atoms with Crippen molar-refractivity contribution in [2.75, 3.05) is 0 Å². The number of rotatable bonds is 1. The number of nitrogens with zero attached hydrogens (tertiary/aromatic N) is 2. The van der Waals surface area contributed by atoms with Gasteiger partial charge in [0.05, 0.1) is 5.69 Å². The molecule has 0 atom stereocenters. The number of benzene rings is 1. The van der Waals surface area contributed by atoms with Gasteiger partial charge in [0, 0.05) is 11.9 Å². The maximum Gasteiger partial charge on any atom is 0.125 e. The van der Waals surface area contributed by atoms with Gasteiger partial charge in [0.1, 0.15) is 5.82 Å². The van der Waals surface area contributed by atoms with Gasteiger partial charge in [0.15, 0.2) is 0 Å². The summed E-state index contributed by atoms with van der Waals surface area (Å²) in [5.74, 6) is -0.243. The summed E-state index contributed by atoms with van der Waals surface area (Å²) in [4.78, 5) is 0. The molecule has 0 unspecified atom stereocenters. The largest absolute Gasteiger partial charge is 0.238 e. The Kier molecular flexibility index (Phi) is 1.85. The van der Waals surface area contributed by atoms with Gasteiger partial charge >= 0.3 is 0 Å². The predicted molar refractivity (Wildman–Crippen MR) is 48.3 cm³/mol. The summed E-state index contributed by atoms with van der Waals surface area (Å²) >= 11 is 0. The van der Waals surface area contributed by atoms with E-state index in [0.717, 1.165) is 11.4 Å². The van der Waals surface area contributed by atoms with Crippen molar-refractivity contribution >= 4 is 0 Å². The molecular weight excluding hydrogens is 167 g/mol. The normalized spacial score (nSPS) is 10.3. The first kappa shape index (κ1) is 7.98. The van der Waals surface area contributed by atoms with Crippen LogP contribution >= 0.6 is 0 Å². The summed E-state index contributed by atoms with van der Waals surface area (Å²) in [5.41, 5.74) is 1.74. The monoisotopic (exact) mass is 176 g/mol. The lowest BCUT2D eigenvalue weighted by atomic mass is 10.3. The molecule has 2 nitrogen and oxygen atoms in total. The molecule has 2 rings (SSSR count). The molecule has 0 N–H and O–H groups in total. The van der Waals surface area contributed by atoms with Gasteiger partial charge in [-0.3, -0.25) is 0 Å². The maximum absolute atomic E-state index is 12.8. The van der Waals surface area contributed by atoms with Gasteiger partial charge in [-0.15, -0.1) is 0 Å². The molecule has 1 heterocycles. The van der Waals surface area contributed by atoms with Crippen molar-refractivity contribution in [1.29, 1.82) is 0 Å². The molecule has 0 radical (unpaired) electrons. The number of aryl methyl sites for hydroxylation is 1. The predicted octanol–water partition coefficient (Wildman–Crippen LogP) is 2.32. The second kappa shape index (κ2) is 3.01.